The summed E-state index contributed by atoms with van der Waals surface area (Å²) >= 11 is 0. The normalized spacial score (nSPS) is 13.0. The zero-order valence-corrected chi connectivity index (χ0v) is 57.2. The molecule has 0 aromatic heterocycles. The molecule has 0 fully saturated rings. The highest BCUT2D eigenvalue weighted by Crippen LogP contribution is 2.19. The standard InChI is InChI=1S/C80H151NO3/c1-3-5-7-9-11-13-15-17-19-21-23-25-27-29-31-33-35-37-38-39-40-41-42-44-46-48-50-52-54-56-58-60-62-64-66-68-70-72-74-76-80(84)81-78(77-82)79(83)75-73-71-69-67-65-63-61-59-57-55-53-51-49-47-45-43-36-34-32-30-28-26-24-22-20-18-16-14-12-10-8-6-4-2/h15,17,21,23,27,29,65,67,73,75,78-79,82-83H,3-14,16,18-20,22,24-26,28,30-64,66,68-72,74,76-77H2,1-2H3,(H,81,84)/b17-15-,23-21-,29-27-,67-65+,75-73+. The predicted molar refractivity (Wildman–Crippen MR) is 378 cm³/mol. The van der Waals surface area contributed by atoms with E-state index in [0.717, 1.165) is 44.9 Å². The third-order valence-electron chi connectivity index (χ3n) is 18.0. The van der Waals surface area contributed by atoms with Gasteiger partial charge in [-0.1, -0.05) is 408 Å². The summed E-state index contributed by atoms with van der Waals surface area (Å²) in [6, 6.07) is -0.641. The van der Waals surface area contributed by atoms with E-state index in [0.29, 0.717) is 6.42 Å². The summed E-state index contributed by atoms with van der Waals surface area (Å²) in [6.45, 7) is 4.33. The maximum absolute atomic E-state index is 12.6. The Balaban J connectivity index is 3.43. The molecule has 3 N–H and O–H groups in total. The molecule has 0 saturated heterocycles. The van der Waals surface area contributed by atoms with Crippen LogP contribution in [0.3, 0.4) is 0 Å². The molecule has 1 amide bonds. The van der Waals surface area contributed by atoms with Gasteiger partial charge in [-0.15, -0.1) is 0 Å². The zero-order valence-electron chi connectivity index (χ0n) is 57.2. The molecular formula is C80H151NO3. The van der Waals surface area contributed by atoms with Crippen LogP contribution < -0.4 is 5.32 Å². The van der Waals surface area contributed by atoms with Crippen LogP contribution in [-0.2, 0) is 4.79 Å². The highest BCUT2D eigenvalue weighted by molar-refractivity contribution is 5.76. The van der Waals surface area contributed by atoms with E-state index in [1.807, 2.05) is 6.08 Å². The smallest absolute Gasteiger partial charge is 0.220 e. The van der Waals surface area contributed by atoms with Gasteiger partial charge in [0.25, 0.3) is 0 Å². The zero-order chi connectivity index (χ0) is 60.5. The molecule has 0 heterocycles. The van der Waals surface area contributed by atoms with E-state index in [1.165, 1.54) is 360 Å². The molecule has 0 saturated carbocycles. The topological polar surface area (TPSA) is 69.6 Å². The average Bonchev–Trinajstić information content (AvgIpc) is 3.51. The fourth-order valence-corrected chi connectivity index (χ4v) is 12.2. The third-order valence-corrected chi connectivity index (χ3v) is 18.0. The largest absolute Gasteiger partial charge is 0.394 e. The molecule has 0 spiro atoms. The van der Waals surface area contributed by atoms with Gasteiger partial charge in [-0.2, -0.15) is 0 Å². The van der Waals surface area contributed by atoms with Crippen molar-refractivity contribution in [2.45, 2.75) is 437 Å². The van der Waals surface area contributed by atoms with Gasteiger partial charge in [0.05, 0.1) is 18.8 Å². The SMILES string of the molecule is CCCCCCC/C=C\C/C=C\C/C=C\CCCCCCCCCCCCCCCCCCCCCCCCCCC(=O)NC(CO)C(O)/C=C/CC/C=C/CCCCCCCCCCCCCCCCCCCCCCCCCCCCC. The van der Waals surface area contributed by atoms with E-state index in [4.69, 9.17) is 0 Å². The van der Waals surface area contributed by atoms with Gasteiger partial charge in [0.1, 0.15) is 0 Å². The van der Waals surface area contributed by atoms with Gasteiger partial charge in [0.15, 0.2) is 0 Å². The first kappa shape index (κ1) is 82.1. The summed E-state index contributed by atoms with van der Waals surface area (Å²) in [7, 11) is 0. The highest BCUT2D eigenvalue weighted by Gasteiger charge is 2.18. The fourth-order valence-electron chi connectivity index (χ4n) is 12.2. The van der Waals surface area contributed by atoms with E-state index < -0.39 is 12.1 Å². The quantitative estimate of drug-likeness (QED) is 0.0420. The molecular weight excluding hydrogens is 1020 g/mol. The van der Waals surface area contributed by atoms with Crippen molar-refractivity contribution in [1.82, 2.24) is 5.32 Å². The van der Waals surface area contributed by atoms with Gasteiger partial charge in [0.2, 0.25) is 5.91 Å². The summed E-state index contributed by atoms with van der Waals surface area (Å²) in [5.74, 6) is -0.0659. The summed E-state index contributed by atoms with van der Waals surface area (Å²) in [5.41, 5.74) is 0. The van der Waals surface area contributed by atoms with Crippen LogP contribution in [0.2, 0.25) is 0 Å². The molecule has 0 aliphatic heterocycles. The monoisotopic (exact) mass is 1170 g/mol. The van der Waals surface area contributed by atoms with Gasteiger partial charge < -0.3 is 15.5 Å². The number of carbonyl (C=O) groups excluding carboxylic acids is 1. The van der Waals surface area contributed by atoms with E-state index in [2.05, 4.69) is 67.8 Å². The molecule has 84 heavy (non-hydrogen) atoms. The van der Waals surface area contributed by atoms with Crippen LogP contribution in [0.5, 0.6) is 0 Å². The number of carbonyl (C=O) groups is 1. The second-order valence-corrected chi connectivity index (χ2v) is 26.4. The number of unbranched alkanes of at least 4 members (excludes halogenated alkanes) is 57. The number of hydrogen-bond donors (Lipinski definition) is 3. The first-order chi connectivity index (χ1) is 41.7. The second kappa shape index (κ2) is 75.3. The minimum Gasteiger partial charge on any atom is -0.394 e. The number of allylic oxidation sites excluding steroid dienone is 9. The minimum absolute atomic E-state index is 0.0659. The Morgan fingerprint density at radius 1 is 0.286 bits per heavy atom. The Morgan fingerprint density at radius 3 is 0.774 bits per heavy atom. The van der Waals surface area contributed by atoms with E-state index in [-0.39, 0.29) is 12.5 Å². The molecule has 4 heteroatoms. The van der Waals surface area contributed by atoms with Crippen molar-refractivity contribution in [1.29, 1.82) is 0 Å². The van der Waals surface area contributed by atoms with E-state index in [1.54, 1.807) is 6.08 Å². The Morgan fingerprint density at radius 2 is 0.500 bits per heavy atom. The van der Waals surface area contributed by atoms with Crippen LogP contribution in [-0.4, -0.2) is 34.9 Å². The van der Waals surface area contributed by atoms with Gasteiger partial charge >= 0.3 is 0 Å². The number of rotatable bonds is 72. The van der Waals surface area contributed by atoms with Crippen LogP contribution in [0.1, 0.15) is 425 Å². The molecule has 0 aliphatic rings. The Hall–Kier alpha value is -1.91. The number of nitrogens with one attached hydrogen (secondary N) is 1. The predicted octanol–water partition coefficient (Wildman–Crippen LogP) is 26.6. The molecule has 0 radical (unpaired) electrons. The van der Waals surface area contributed by atoms with Crippen molar-refractivity contribution < 1.29 is 15.0 Å². The van der Waals surface area contributed by atoms with Crippen LogP contribution in [0.25, 0.3) is 0 Å². The molecule has 0 aliphatic carbocycles. The molecule has 0 aromatic carbocycles. The highest BCUT2D eigenvalue weighted by atomic mass is 16.3. The minimum atomic E-state index is -0.865. The van der Waals surface area contributed by atoms with Crippen molar-refractivity contribution in [2.24, 2.45) is 0 Å². The lowest BCUT2D eigenvalue weighted by Crippen LogP contribution is -2.45. The number of aliphatic hydroxyl groups is 2. The molecule has 0 aromatic rings. The van der Waals surface area contributed by atoms with Crippen molar-refractivity contribution in [3.8, 4) is 0 Å². The van der Waals surface area contributed by atoms with Crippen LogP contribution in [0, 0.1) is 0 Å². The summed E-state index contributed by atoms with van der Waals surface area (Å²) in [4.78, 5) is 12.6. The molecule has 494 valence electrons. The van der Waals surface area contributed by atoms with Gasteiger partial charge in [-0.25, -0.2) is 0 Å². The lowest BCUT2D eigenvalue weighted by molar-refractivity contribution is -0.123. The maximum atomic E-state index is 12.6. The van der Waals surface area contributed by atoms with Gasteiger partial charge in [0, 0.05) is 6.42 Å². The second-order valence-electron chi connectivity index (χ2n) is 26.4. The summed E-state index contributed by atoms with van der Waals surface area (Å²) in [6.07, 6.45) is 108. The first-order valence-electron chi connectivity index (χ1n) is 38.5. The Bertz CT molecular complexity index is 1380. The molecule has 2 atom stereocenters. The first-order valence-corrected chi connectivity index (χ1v) is 38.5. The molecule has 0 rings (SSSR count). The summed E-state index contributed by atoms with van der Waals surface area (Å²) < 4.78 is 0. The van der Waals surface area contributed by atoms with Gasteiger partial charge in [-0.3, -0.25) is 4.79 Å². The van der Waals surface area contributed by atoms with Crippen molar-refractivity contribution in [3.63, 3.8) is 0 Å². The number of amides is 1. The molecule has 4 nitrogen and oxygen atoms in total. The number of aliphatic hydroxyl groups excluding tert-OH is 2. The lowest BCUT2D eigenvalue weighted by Gasteiger charge is -2.19. The summed E-state index contributed by atoms with van der Waals surface area (Å²) in [5, 5.41) is 23.3. The van der Waals surface area contributed by atoms with Crippen molar-refractivity contribution >= 4 is 5.91 Å². The van der Waals surface area contributed by atoms with Gasteiger partial charge in [-0.05, 0) is 70.6 Å². The van der Waals surface area contributed by atoms with E-state index in [9.17, 15) is 15.0 Å². The lowest BCUT2D eigenvalue weighted by atomic mass is 10.0. The van der Waals surface area contributed by atoms with Crippen molar-refractivity contribution in [3.05, 3.63) is 60.8 Å². The van der Waals surface area contributed by atoms with E-state index >= 15 is 0 Å². The van der Waals surface area contributed by atoms with Crippen LogP contribution in [0.4, 0.5) is 0 Å². The van der Waals surface area contributed by atoms with Crippen LogP contribution >= 0.6 is 0 Å². The average molecular weight is 1180 g/mol. The van der Waals surface area contributed by atoms with Crippen LogP contribution in [0.15, 0.2) is 60.8 Å². The Kier molecular flexibility index (Phi) is 73.6. The fraction of sp³-hybridized carbons (Fsp3) is 0.863. The Labute approximate surface area is 527 Å². The van der Waals surface area contributed by atoms with Crippen molar-refractivity contribution in [2.75, 3.05) is 6.61 Å². The third kappa shape index (κ3) is 70.8. The number of hydrogen-bond acceptors (Lipinski definition) is 3. The maximum Gasteiger partial charge on any atom is 0.220 e. The molecule has 2 unspecified atom stereocenters. The molecule has 0 bridgehead atoms.